The minimum atomic E-state index is -4.56. The summed E-state index contributed by atoms with van der Waals surface area (Å²) in [7, 11) is 1.15. The Morgan fingerprint density at radius 2 is 1.72 bits per heavy atom. The van der Waals surface area contributed by atoms with Gasteiger partial charge in [-0.05, 0) is 36.4 Å². The molecule has 0 atom stereocenters. The van der Waals surface area contributed by atoms with Crippen molar-refractivity contribution in [2.75, 3.05) is 17.7 Å². The van der Waals surface area contributed by atoms with Gasteiger partial charge in [-0.25, -0.2) is 4.79 Å². The van der Waals surface area contributed by atoms with E-state index in [0.29, 0.717) is 5.69 Å². The Balaban J connectivity index is 2.24. The molecule has 0 saturated heterocycles. The zero-order chi connectivity index (χ0) is 18.6. The summed E-state index contributed by atoms with van der Waals surface area (Å²) >= 11 is 0. The van der Waals surface area contributed by atoms with Gasteiger partial charge in [-0.2, -0.15) is 13.2 Å². The predicted octanol–water partition coefficient (Wildman–Crippen LogP) is 4.06. The molecular weight excluding hydrogens is 343 g/mol. The van der Waals surface area contributed by atoms with E-state index < -0.39 is 17.2 Å². The van der Waals surface area contributed by atoms with Crippen LogP contribution < -0.4 is 10.6 Å². The minimum absolute atomic E-state index is 0.00414. The molecule has 0 aliphatic carbocycles. The summed E-state index contributed by atoms with van der Waals surface area (Å²) in [5, 5.41) is 15.2. The van der Waals surface area contributed by atoms with E-state index in [0.717, 1.165) is 13.2 Å². The van der Waals surface area contributed by atoms with Gasteiger partial charge in [0.05, 0.1) is 17.6 Å². The highest BCUT2D eigenvalue weighted by molar-refractivity contribution is 5.91. The Morgan fingerprint density at radius 1 is 1.12 bits per heavy atom. The van der Waals surface area contributed by atoms with Crippen LogP contribution in [0, 0.1) is 10.1 Å². The average Bonchev–Trinajstić information content (AvgIpc) is 2.54. The number of nitro benzene ring substituents is 1. The Labute approximate surface area is 139 Å². The Morgan fingerprint density at radius 3 is 2.24 bits per heavy atom. The number of hydrogen-bond donors (Lipinski definition) is 2. The normalized spacial score (nSPS) is 10.9. The highest BCUT2D eigenvalue weighted by Gasteiger charge is 2.26. The van der Waals surface area contributed by atoms with Crippen LogP contribution in [-0.2, 0) is 4.74 Å². The summed E-state index contributed by atoms with van der Waals surface area (Å²) in [5.74, 6) is -0.725. The van der Waals surface area contributed by atoms with Gasteiger partial charge in [0, 0.05) is 17.4 Å². The van der Waals surface area contributed by atoms with E-state index in [2.05, 4.69) is 10.1 Å². The smallest absolute Gasteiger partial charge is 0.465 e. The third kappa shape index (κ3) is 4.83. The fourth-order valence-electron chi connectivity index (χ4n) is 1.99. The number of nitrogens with one attached hydrogen (secondary N) is 2. The van der Waals surface area contributed by atoms with Gasteiger partial charge in [0.15, 0.2) is 0 Å². The van der Waals surface area contributed by atoms with Gasteiger partial charge in [0.1, 0.15) is 5.69 Å². The number of hydrogen-bond acceptors (Lipinski definition) is 6. The lowest BCUT2D eigenvalue weighted by atomic mass is 10.1. The molecular formula is C15H12F3N3O4. The van der Waals surface area contributed by atoms with Crippen LogP contribution in [0.2, 0.25) is 0 Å². The Bertz CT molecular complexity index is 792. The molecule has 0 heterocycles. The third-order valence-corrected chi connectivity index (χ3v) is 3.07. The number of nitro groups is 1. The maximum Gasteiger partial charge on any atom is 0.482 e. The number of benzene rings is 2. The number of esters is 1. The van der Waals surface area contributed by atoms with Crippen molar-refractivity contribution in [1.29, 1.82) is 0 Å². The van der Waals surface area contributed by atoms with E-state index >= 15 is 0 Å². The molecule has 0 saturated carbocycles. The van der Waals surface area contributed by atoms with Crippen molar-refractivity contribution in [3.63, 3.8) is 0 Å². The maximum absolute atomic E-state index is 12.2. The molecule has 2 aromatic carbocycles. The summed E-state index contributed by atoms with van der Waals surface area (Å²) < 4.78 is 41.2. The number of rotatable bonds is 5. The van der Waals surface area contributed by atoms with Crippen LogP contribution in [0.4, 0.5) is 35.9 Å². The van der Waals surface area contributed by atoms with Crippen molar-refractivity contribution in [2.24, 2.45) is 0 Å². The topological polar surface area (TPSA) is 93.5 Å². The van der Waals surface area contributed by atoms with E-state index in [4.69, 9.17) is 0 Å². The van der Waals surface area contributed by atoms with Crippen molar-refractivity contribution in [3.8, 4) is 0 Å². The van der Waals surface area contributed by atoms with Crippen LogP contribution in [0.3, 0.4) is 0 Å². The van der Waals surface area contributed by atoms with Gasteiger partial charge in [0.25, 0.3) is 5.69 Å². The van der Waals surface area contributed by atoms with Gasteiger partial charge in [0.2, 0.25) is 0 Å². The fourth-order valence-corrected chi connectivity index (χ4v) is 1.99. The number of anilines is 3. The van der Waals surface area contributed by atoms with E-state index in [-0.39, 0.29) is 22.6 Å². The number of methoxy groups -OCH3 is 1. The molecule has 7 nitrogen and oxygen atoms in total. The SMILES string of the molecule is COC(=O)c1ccc(Nc2ccc(NC(F)(F)F)cc2)c([N+](=O)[O-])c1. The number of alkyl halides is 3. The molecule has 132 valence electrons. The largest absolute Gasteiger partial charge is 0.482 e. The standard InChI is InChI=1S/C15H12F3N3O4/c1-25-14(22)9-2-7-12(13(8-9)21(23)24)19-10-3-5-11(6-4-10)20-15(16,17)18/h2-8,19-20H,1H3. The molecule has 0 amide bonds. The molecule has 0 aromatic heterocycles. The molecule has 10 heteroatoms. The molecule has 0 aliphatic rings. The second-order valence-corrected chi connectivity index (χ2v) is 4.81. The van der Waals surface area contributed by atoms with Gasteiger partial charge in [-0.15, -0.1) is 0 Å². The summed E-state index contributed by atoms with van der Waals surface area (Å²) in [5.41, 5.74) is -0.130. The molecule has 0 aliphatic heterocycles. The van der Waals surface area contributed by atoms with Crippen LogP contribution in [-0.4, -0.2) is 24.3 Å². The lowest BCUT2D eigenvalue weighted by Crippen LogP contribution is -2.20. The molecule has 0 spiro atoms. The van der Waals surface area contributed by atoms with Crippen LogP contribution in [0.1, 0.15) is 10.4 Å². The number of carbonyl (C=O) groups is 1. The van der Waals surface area contributed by atoms with Crippen LogP contribution >= 0.6 is 0 Å². The Hall–Kier alpha value is -3.30. The molecule has 0 radical (unpaired) electrons. The fraction of sp³-hybridized carbons (Fsp3) is 0.133. The first-order valence-corrected chi connectivity index (χ1v) is 6.78. The van der Waals surface area contributed by atoms with Gasteiger partial charge >= 0.3 is 12.3 Å². The second kappa shape index (κ2) is 7.07. The van der Waals surface area contributed by atoms with Crippen molar-refractivity contribution < 1.29 is 27.6 Å². The Kier molecular flexibility index (Phi) is 5.11. The molecule has 25 heavy (non-hydrogen) atoms. The molecule has 2 N–H and O–H groups in total. The van der Waals surface area contributed by atoms with Crippen LogP contribution in [0.5, 0.6) is 0 Å². The lowest BCUT2D eigenvalue weighted by molar-refractivity contribution is -0.383. The summed E-state index contributed by atoms with van der Waals surface area (Å²) in [6.07, 6.45) is -4.56. The maximum atomic E-state index is 12.2. The van der Waals surface area contributed by atoms with Gasteiger partial charge in [-0.3, -0.25) is 15.4 Å². The molecule has 2 aromatic rings. The summed E-state index contributed by atoms with van der Waals surface area (Å²) in [4.78, 5) is 21.9. The van der Waals surface area contributed by atoms with E-state index in [9.17, 15) is 28.1 Å². The summed E-state index contributed by atoms with van der Waals surface area (Å²) in [6, 6.07) is 8.69. The van der Waals surface area contributed by atoms with Crippen molar-refractivity contribution >= 4 is 28.7 Å². The zero-order valence-corrected chi connectivity index (χ0v) is 12.8. The lowest BCUT2D eigenvalue weighted by Gasteiger charge is -2.11. The first-order chi connectivity index (χ1) is 11.7. The number of ether oxygens (including phenoxy) is 1. The third-order valence-electron chi connectivity index (χ3n) is 3.07. The predicted molar refractivity (Wildman–Crippen MR) is 83.8 cm³/mol. The zero-order valence-electron chi connectivity index (χ0n) is 12.8. The van der Waals surface area contributed by atoms with E-state index in [1.165, 1.54) is 41.7 Å². The van der Waals surface area contributed by atoms with E-state index in [1.807, 2.05) is 0 Å². The number of carbonyl (C=O) groups excluding carboxylic acids is 1. The first kappa shape index (κ1) is 18.0. The first-order valence-electron chi connectivity index (χ1n) is 6.78. The average molecular weight is 355 g/mol. The molecule has 0 unspecified atom stereocenters. The van der Waals surface area contributed by atoms with Crippen LogP contribution in [0.15, 0.2) is 42.5 Å². The molecule has 2 rings (SSSR count). The number of halogens is 3. The second-order valence-electron chi connectivity index (χ2n) is 4.81. The molecule has 0 fully saturated rings. The monoisotopic (exact) mass is 355 g/mol. The van der Waals surface area contributed by atoms with Crippen molar-refractivity contribution in [2.45, 2.75) is 6.30 Å². The van der Waals surface area contributed by atoms with E-state index in [1.54, 1.807) is 0 Å². The van der Waals surface area contributed by atoms with Crippen molar-refractivity contribution in [3.05, 3.63) is 58.1 Å². The highest BCUT2D eigenvalue weighted by atomic mass is 19.4. The van der Waals surface area contributed by atoms with Gasteiger partial charge in [-0.1, -0.05) is 0 Å². The number of nitrogens with zero attached hydrogens (tertiary/aromatic N) is 1. The quantitative estimate of drug-likeness (QED) is 0.364. The van der Waals surface area contributed by atoms with Crippen molar-refractivity contribution in [1.82, 2.24) is 0 Å². The summed E-state index contributed by atoms with van der Waals surface area (Å²) in [6.45, 7) is 0. The molecule has 0 bridgehead atoms. The van der Waals surface area contributed by atoms with Gasteiger partial charge < -0.3 is 10.1 Å². The highest BCUT2D eigenvalue weighted by Crippen LogP contribution is 2.30. The van der Waals surface area contributed by atoms with Crippen LogP contribution in [0.25, 0.3) is 0 Å². The minimum Gasteiger partial charge on any atom is -0.465 e.